The Morgan fingerprint density at radius 3 is 2.32 bits per heavy atom. The molecule has 136 valence electrons. The first-order valence-corrected chi connectivity index (χ1v) is 9.69. The average Bonchev–Trinajstić information content (AvgIpc) is 2.58. The van der Waals surface area contributed by atoms with Crippen LogP contribution in [0.25, 0.3) is 0 Å². The summed E-state index contributed by atoms with van der Waals surface area (Å²) in [6.45, 7) is 9.42. The molecule has 0 saturated heterocycles. The molecule has 1 heterocycles. The molecule has 0 atom stereocenters. The lowest BCUT2D eigenvalue weighted by atomic mass is 10.1. The van der Waals surface area contributed by atoms with Gasteiger partial charge in [0.1, 0.15) is 11.6 Å². The summed E-state index contributed by atoms with van der Waals surface area (Å²) in [6.07, 6.45) is 1.68. The topological polar surface area (TPSA) is 71.5 Å². The van der Waals surface area contributed by atoms with E-state index in [0.29, 0.717) is 17.1 Å². The van der Waals surface area contributed by atoms with Crippen LogP contribution in [0.15, 0.2) is 35.4 Å². The highest BCUT2D eigenvalue weighted by atomic mass is 32.2. The predicted octanol–water partition coefficient (Wildman–Crippen LogP) is 3.35. The van der Waals surface area contributed by atoms with Gasteiger partial charge in [0, 0.05) is 13.1 Å². The van der Waals surface area contributed by atoms with Gasteiger partial charge in [-0.2, -0.15) is 0 Å². The van der Waals surface area contributed by atoms with Crippen molar-refractivity contribution in [2.75, 3.05) is 29.8 Å². The Balaban J connectivity index is 2.29. The van der Waals surface area contributed by atoms with E-state index in [1.54, 1.807) is 38.4 Å². The number of benzene rings is 1. The SMILES string of the molecule is CCN(CC)c1ccc(NS(=O)(=O)c2cc(C)c(OC)cc2C)nc1. The highest BCUT2D eigenvalue weighted by Gasteiger charge is 2.19. The molecule has 2 rings (SSSR count). The van der Waals surface area contributed by atoms with Gasteiger partial charge in [-0.1, -0.05) is 0 Å². The number of aryl methyl sites for hydroxylation is 2. The molecule has 2 aromatic rings. The van der Waals surface area contributed by atoms with Gasteiger partial charge in [0.25, 0.3) is 10.0 Å². The minimum Gasteiger partial charge on any atom is -0.496 e. The summed E-state index contributed by atoms with van der Waals surface area (Å²) < 4.78 is 33.2. The lowest BCUT2D eigenvalue weighted by Crippen LogP contribution is -2.22. The van der Waals surface area contributed by atoms with Crippen LogP contribution in [-0.2, 0) is 10.0 Å². The minimum absolute atomic E-state index is 0.223. The van der Waals surface area contributed by atoms with Crippen molar-refractivity contribution in [3.8, 4) is 5.75 Å². The maximum Gasteiger partial charge on any atom is 0.263 e. The van der Waals surface area contributed by atoms with Crippen LogP contribution in [0.4, 0.5) is 11.5 Å². The van der Waals surface area contributed by atoms with Crippen molar-refractivity contribution in [1.29, 1.82) is 0 Å². The Morgan fingerprint density at radius 2 is 1.80 bits per heavy atom. The van der Waals surface area contributed by atoms with Crippen LogP contribution in [0.5, 0.6) is 5.75 Å². The number of hydrogen-bond donors (Lipinski definition) is 1. The van der Waals surface area contributed by atoms with Gasteiger partial charge in [0.15, 0.2) is 0 Å². The highest BCUT2D eigenvalue weighted by Crippen LogP contribution is 2.27. The number of methoxy groups -OCH3 is 1. The molecule has 0 aliphatic rings. The Labute approximate surface area is 149 Å². The Hall–Kier alpha value is -2.28. The summed E-state index contributed by atoms with van der Waals surface area (Å²) >= 11 is 0. The molecule has 0 aliphatic carbocycles. The third-order valence-electron chi connectivity index (χ3n) is 4.10. The first-order chi connectivity index (χ1) is 11.8. The van der Waals surface area contributed by atoms with Crippen molar-refractivity contribution in [2.45, 2.75) is 32.6 Å². The van der Waals surface area contributed by atoms with Gasteiger partial charge in [-0.15, -0.1) is 0 Å². The summed E-state index contributed by atoms with van der Waals surface area (Å²) in [5.74, 6) is 0.960. The number of nitrogens with one attached hydrogen (secondary N) is 1. The van der Waals surface area contributed by atoms with Gasteiger partial charge in [-0.3, -0.25) is 4.72 Å². The summed E-state index contributed by atoms with van der Waals surface area (Å²) in [7, 11) is -2.15. The van der Waals surface area contributed by atoms with E-state index < -0.39 is 10.0 Å². The fourth-order valence-electron chi connectivity index (χ4n) is 2.69. The third-order valence-corrected chi connectivity index (χ3v) is 5.59. The van der Waals surface area contributed by atoms with Gasteiger partial charge >= 0.3 is 0 Å². The maximum absolute atomic E-state index is 12.7. The van der Waals surface area contributed by atoms with Crippen molar-refractivity contribution in [2.24, 2.45) is 0 Å². The smallest absolute Gasteiger partial charge is 0.263 e. The van der Waals surface area contributed by atoms with Gasteiger partial charge in [0.05, 0.1) is 23.9 Å². The molecule has 6 nitrogen and oxygen atoms in total. The first-order valence-electron chi connectivity index (χ1n) is 8.21. The number of sulfonamides is 1. The van der Waals surface area contributed by atoms with Gasteiger partial charge < -0.3 is 9.64 Å². The molecule has 0 amide bonds. The fraction of sp³-hybridized carbons (Fsp3) is 0.389. The number of nitrogens with zero attached hydrogens (tertiary/aromatic N) is 2. The predicted molar refractivity (Wildman–Crippen MR) is 101 cm³/mol. The summed E-state index contributed by atoms with van der Waals surface area (Å²) in [5, 5.41) is 0. The van der Waals surface area contributed by atoms with E-state index in [4.69, 9.17) is 4.74 Å². The van der Waals surface area contributed by atoms with E-state index in [0.717, 1.165) is 24.3 Å². The molecule has 0 aliphatic heterocycles. The second kappa shape index (κ2) is 7.74. The summed E-state index contributed by atoms with van der Waals surface area (Å²) in [4.78, 5) is 6.60. The maximum atomic E-state index is 12.7. The minimum atomic E-state index is -3.72. The largest absolute Gasteiger partial charge is 0.496 e. The van der Waals surface area contributed by atoms with E-state index in [-0.39, 0.29) is 4.90 Å². The number of aromatic nitrogens is 1. The van der Waals surface area contributed by atoms with Crippen LogP contribution in [0.2, 0.25) is 0 Å². The molecule has 0 spiro atoms. The van der Waals surface area contributed by atoms with Crippen LogP contribution >= 0.6 is 0 Å². The van der Waals surface area contributed by atoms with Crippen LogP contribution in [-0.4, -0.2) is 33.6 Å². The van der Waals surface area contributed by atoms with E-state index in [9.17, 15) is 8.42 Å². The Kier molecular flexibility index (Phi) is 5.89. The van der Waals surface area contributed by atoms with Crippen molar-refractivity contribution in [3.63, 3.8) is 0 Å². The first kappa shape index (κ1) is 19.1. The standard InChI is InChI=1S/C18H25N3O3S/c1-6-21(7-2)15-8-9-18(19-12-15)20-25(22,23)17-11-13(3)16(24-5)10-14(17)4/h8-12H,6-7H2,1-5H3,(H,19,20). The highest BCUT2D eigenvalue weighted by molar-refractivity contribution is 7.92. The van der Waals surface area contributed by atoms with E-state index in [1.807, 2.05) is 13.0 Å². The van der Waals surface area contributed by atoms with Crippen molar-refractivity contribution >= 4 is 21.5 Å². The molecule has 0 bridgehead atoms. The molecule has 1 aromatic heterocycles. The zero-order valence-corrected chi connectivity index (χ0v) is 16.1. The second-order valence-corrected chi connectivity index (χ2v) is 7.42. The van der Waals surface area contributed by atoms with E-state index in [2.05, 4.69) is 28.5 Å². The number of ether oxygens (including phenoxy) is 1. The van der Waals surface area contributed by atoms with E-state index >= 15 is 0 Å². The van der Waals surface area contributed by atoms with Crippen molar-refractivity contribution in [3.05, 3.63) is 41.6 Å². The molecular formula is C18H25N3O3S. The molecule has 1 aromatic carbocycles. The molecule has 0 unspecified atom stereocenters. The van der Waals surface area contributed by atoms with E-state index in [1.165, 1.54) is 0 Å². The van der Waals surface area contributed by atoms with Gasteiger partial charge in [-0.05, 0) is 63.1 Å². The summed E-state index contributed by atoms with van der Waals surface area (Å²) in [6, 6.07) is 6.88. The zero-order chi connectivity index (χ0) is 18.6. The molecule has 1 N–H and O–H groups in total. The fourth-order valence-corrected chi connectivity index (χ4v) is 4.01. The number of anilines is 2. The number of hydrogen-bond acceptors (Lipinski definition) is 5. The molecule has 25 heavy (non-hydrogen) atoms. The van der Waals surface area contributed by atoms with Crippen LogP contribution in [0.3, 0.4) is 0 Å². The van der Waals surface area contributed by atoms with Crippen molar-refractivity contribution in [1.82, 2.24) is 4.98 Å². The zero-order valence-electron chi connectivity index (χ0n) is 15.3. The van der Waals surface area contributed by atoms with Gasteiger partial charge in [0.2, 0.25) is 0 Å². The molecule has 0 fully saturated rings. The normalized spacial score (nSPS) is 11.2. The van der Waals surface area contributed by atoms with Crippen molar-refractivity contribution < 1.29 is 13.2 Å². The number of pyridine rings is 1. The lowest BCUT2D eigenvalue weighted by molar-refractivity contribution is 0.411. The number of rotatable bonds is 7. The monoisotopic (exact) mass is 363 g/mol. The second-order valence-electron chi connectivity index (χ2n) is 5.77. The molecule has 7 heteroatoms. The van der Waals surface area contributed by atoms with Crippen LogP contribution in [0, 0.1) is 13.8 Å². The lowest BCUT2D eigenvalue weighted by Gasteiger charge is -2.20. The molecule has 0 radical (unpaired) electrons. The Morgan fingerprint density at radius 1 is 1.12 bits per heavy atom. The average molecular weight is 363 g/mol. The molecular weight excluding hydrogens is 338 g/mol. The third kappa shape index (κ3) is 4.22. The quantitative estimate of drug-likeness (QED) is 0.817. The molecule has 0 saturated carbocycles. The van der Waals surface area contributed by atoms with Crippen LogP contribution < -0.4 is 14.4 Å². The summed E-state index contributed by atoms with van der Waals surface area (Å²) in [5.41, 5.74) is 2.34. The van der Waals surface area contributed by atoms with Crippen LogP contribution in [0.1, 0.15) is 25.0 Å². The Bertz CT molecular complexity index is 829. The van der Waals surface area contributed by atoms with Gasteiger partial charge in [-0.25, -0.2) is 13.4 Å².